The van der Waals surface area contributed by atoms with Crippen LogP contribution in [0.25, 0.3) is 0 Å². The fourth-order valence-corrected chi connectivity index (χ4v) is 4.37. The van der Waals surface area contributed by atoms with Crippen molar-refractivity contribution in [3.8, 4) is 0 Å². The fraction of sp³-hybridized carbons (Fsp3) is 0.806. The molecule has 0 aliphatic rings. The maximum atomic E-state index is 11.8. The highest BCUT2D eigenvalue weighted by atomic mass is 35.5. The molecule has 0 saturated heterocycles. The van der Waals surface area contributed by atoms with Gasteiger partial charge in [-0.05, 0) is 47.9 Å². The number of nitrogens with zero attached hydrogens (tertiary/aromatic N) is 1. The summed E-state index contributed by atoms with van der Waals surface area (Å²) in [6, 6.07) is 7.30. The van der Waals surface area contributed by atoms with Gasteiger partial charge in [-0.1, -0.05) is 102 Å². The fourth-order valence-electron chi connectivity index (χ4n) is 3.85. The second kappa shape index (κ2) is 25.0. The molecule has 0 aliphatic heterocycles. The van der Waals surface area contributed by atoms with Crippen LogP contribution < -0.4 is 28.4 Å². The van der Waals surface area contributed by atoms with Crippen LogP contribution in [0.5, 0.6) is 0 Å². The first-order chi connectivity index (χ1) is 19.6. The molecule has 0 aromatic heterocycles. The third-order valence-electron chi connectivity index (χ3n) is 5.20. The Balaban J connectivity index is -0.000000254. The van der Waals surface area contributed by atoms with E-state index < -0.39 is 0 Å². The Hall–Kier alpha value is -0.0900. The monoisotopic (exact) mass is 710 g/mol. The second-order valence-corrected chi connectivity index (χ2v) is 19.1. The Morgan fingerprint density at radius 2 is 1.22 bits per heavy atom. The first-order valence-electron chi connectivity index (χ1n) is 16.2. The van der Waals surface area contributed by atoms with Crippen molar-refractivity contribution in [1.82, 2.24) is 16.0 Å². The van der Waals surface area contributed by atoms with Crippen molar-refractivity contribution in [2.75, 3.05) is 66.2 Å². The molecule has 0 spiro atoms. The molecule has 0 aliphatic carbocycles. The molecule has 0 fully saturated rings. The van der Waals surface area contributed by atoms with Crippen molar-refractivity contribution in [3.63, 3.8) is 0 Å². The Morgan fingerprint density at radius 3 is 1.56 bits per heavy atom. The minimum Gasteiger partial charge on any atom is -1.00 e. The molecule has 45 heavy (non-hydrogen) atoms. The lowest BCUT2D eigenvalue weighted by atomic mass is 9.96. The predicted molar refractivity (Wildman–Crippen MR) is 209 cm³/mol. The average molecular weight is 712 g/mol. The summed E-state index contributed by atoms with van der Waals surface area (Å²) in [4.78, 5) is 12.5. The van der Waals surface area contributed by atoms with E-state index in [1.54, 1.807) is 6.07 Å². The highest BCUT2D eigenvalue weighted by molar-refractivity contribution is 7.84. The first kappa shape index (κ1) is 51.7. The molecule has 1 aromatic rings. The lowest BCUT2D eigenvalue weighted by Gasteiger charge is -2.31. The number of quaternary nitrogens is 1. The first-order valence-corrected chi connectivity index (χ1v) is 17.8. The summed E-state index contributed by atoms with van der Waals surface area (Å²) < 4.78 is 1.06. The maximum absolute atomic E-state index is 11.8. The number of nitrogens with one attached hydrogen (secondary N) is 3. The number of carbonyl (C=O) groups is 1. The Morgan fingerprint density at radius 1 is 0.778 bits per heavy atom. The summed E-state index contributed by atoms with van der Waals surface area (Å²) in [5.74, 6) is 0.774. The molecular formula is C36H75ClN4OS3. The highest BCUT2D eigenvalue weighted by Crippen LogP contribution is 2.16. The molecule has 1 rings (SSSR count). The number of hydrogen-bond donors (Lipinski definition) is 6. The lowest BCUT2D eigenvalue weighted by molar-refractivity contribution is -0.876. The summed E-state index contributed by atoms with van der Waals surface area (Å²) in [5.41, 5.74) is 1.99. The molecule has 1 unspecified atom stereocenters. The highest BCUT2D eigenvalue weighted by Gasteiger charge is 2.19. The Labute approximate surface area is 304 Å². The Kier molecular flexibility index (Phi) is 28.7. The van der Waals surface area contributed by atoms with E-state index in [9.17, 15) is 4.79 Å². The summed E-state index contributed by atoms with van der Waals surface area (Å²) >= 11 is 12.7. The van der Waals surface area contributed by atoms with Gasteiger partial charge in [0.05, 0.1) is 33.3 Å². The van der Waals surface area contributed by atoms with Crippen molar-refractivity contribution in [2.45, 2.75) is 107 Å². The number of rotatable bonds is 10. The van der Waals surface area contributed by atoms with Crippen LogP contribution in [-0.2, 0) is 0 Å². The van der Waals surface area contributed by atoms with E-state index in [0.29, 0.717) is 38.5 Å². The minimum atomic E-state index is -0.0597. The predicted octanol–water partition coefficient (Wildman–Crippen LogP) is 5.38. The van der Waals surface area contributed by atoms with E-state index in [4.69, 9.17) is 0 Å². The van der Waals surface area contributed by atoms with Crippen LogP contribution in [-0.4, -0.2) is 81.8 Å². The van der Waals surface area contributed by atoms with Crippen LogP contribution in [0.15, 0.2) is 29.2 Å². The van der Waals surface area contributed by atoms with E-state index in [-0.39, 0.29) is 23.7 Å². The third kappa shape index (κ3) is 43.9. The quantitative estimate of drug-likeness (QED) is 0.113. The van der Waals surface area contributed by atoms with E-state index in [1.165, 1.54) is 13.0 Å². The number of amides is 1. The standard InChI is InChI=1S/C12H17NOS.C8H19NS2.C8H20N.C8H19N.ClH/c1-12(2,3)8-13-11(14)9-6-4-5-7-10(9)15;1-8(2,3)6-9-4-7(11)5-10;1-8(2,3)7-9(4,5)6;1-5-6-9-7-8(2,3)4;/h4-7,15H,8H2,1-3H3,(H,13,14);7,9-11H,4-6H2,1-3H3;7H2,1-6H3;9H,5-7H2,1-4H3;1H/q;;+1;;/p-1. The summed E-state index contributed by atoms with van der Waals surface area (Å²) in [6.07, 6.45) is 1.23. The minimum absolute atomic E-state index is 0. The van der Waals surface area contributed by atoms with E-state index >= 15 is 0 Å². The average Bonchev–Trinajstić information content (AvgIpc) is 2.80. The van der Waals surface area contributed by atoms with Crippen LogP contribution in [0, 0.1) is 21.7 Å². The molecule has 5 nitrogen and oxygen atoms in total. The van der Waals surface area contributed by atoms with Gasteiger partial charge >= 0.3 is 0 Å². The van der Waals surface area contributed by atoms with Crippen molar-refractivity contribution in [2.24, 2.45) is 21.7 Å². The van der Waals surface area contributed by atoms with Crippen molar-refractivity contribution < 1.29 is 21.7 Å². The lowest BCUT2D eigenvalue weighted by Crippen LogP contribution is -3.00. The number of thiol groups is 3. The molecule has 0 saturated carbocycles. The van der Waals surface area contributed by atoms with Gasteiger partial charge in [0.25, 0.3) is 5.91 Å². The van der Waals surface area contributed by atoms with Gasteiger partial charge in [0, 0.05) is 40.9 Å². The summed E-state index contributed by atoms with van der Waals surface area (Å²) in [6.45, 7) is 34.8. The molecule has 1 aromatic carbocycles. The molecule has 270 valence electrons. The molecule has 1 amide bonds. The van der Waals surface area contributed by atoms with Gasteiger partial charge in [-0.3, -0.25) is 4.79 Å². The Bertz CT molecular complexity index is 853. The zero-order valence-electron chi connectivity index (χ0n) is 32.1. The number of hydrogen-bond acceptors (Lipinski definition) is 6. The zero-order chi connectivity index (χ0) is 35.4. The van der Waals surface area contributed by atoms with Gasteiger partial charge in [0.2, 0.25) is 0 Å². The van der Waals surface area contributed by atoms with Crippen LogP contribution in [0.4, 0.5) is 0 Å². The van der Waals surface area contributed by atoms with E-state index in [2.05, 4.69) is 165 Å². The van der Waals surface area contributed by atoms with Crippen LogP contribution in [0.3, 0.4) is 0 Å². The van der Waals surface area contributed by atoms with Crippen molar-refractivity contribution in [1.29, 1.82) is 0 Å². The van der Waals surface area contributed by atoms with E-state index in [1.807, 2.05) is 18.2 Å². The largest absolute Gasteiger partial charge is 1.00 e. The molecule has 1 atom stereocenters. The number of benzene rings is 1. The van der Waals surface area contributed by atoms with Gasteiger partial charge in [-0.2, -0.15) is 25.3 Å². The number of carbonyl (C=O) groups excluding carboxylic acids is 1. The van der Waals surface area contributed by atoms with Crippen LogP contribution in [0.1, 0.15) is 107 Å². The second-order valence-electron chi connectivity index (χ2n) is 17.5. The van der Waals surface area contributed by atoms with Gasteiger partial charge < -0.3 is 32.8 Å². The topological polar surface area (TPSA) is 53.2 Å². The van der Waals surface area contributed by atoms with E-state index in [0.717, 1.165) is 36.4 Å². The maximum Gasteiger partial charge on any atom is 0.252 e. The smallest absolute Gasteiger partial charge is 0.252 e. The normalized spacial score (nSPS) is 12.6. The van der Waals surface area contributed by atoms with Crippen LogP contribution >= 0.6 is 37.9 Å². The number of halogens is 1. The molecule has 9 heteroatoms. The molecule has 0 radical (unpaired) electrons. The van der Waals surface area contributed by atoms with Gasteiger partial charge in [0.1, 0.15) is 0 Å². The molecule has 0 bridgehead atoms. The summed E-state index contributed by atoms with van der Waals surface area (Å²) in [7, 11) is 6.68. The van der Waals surface area contributed by atoms with Crippen molar-refractivity contribution in [3.05, 3.63) is 29.8 Å². The van der Waals surface area contributed by atoms with Crippen LogP contribution in [0.2, 0.25) is 0 Å². The summed E-state index contributed by atoms with van der Waals surface area (Å²) in [5, 5.41) is 9.99. The third-order valence-corrected chi connectivity index (χ3v) is 6.69. The van der Waals surface area contributed by atoms with Crippen molar-refractivity contribution >= 4 is 43.8 Å². The van der Waals surface area contributed by atoms with Gasteiger partial charge in [-0.15, -0.1) is 12.6 Å². The molecular weight excluding hydrogens is 636 g/mol. The SMILES string of the molecule is CC(C)(C)CNC(=O)c1ccccc1S.CC(C)(C)CNCC(S)CS.CC(C)(C)C[N+](C)(C)C.CCCNCC(C)(C)C.[Cl-]. The molecule has 0 heterocycles. The van der Waals surface area contributed by atoms with Gasteiger partial charge in [0.15, 0.2) is 0 Å². The van der Waals surface area contributed by atoms with Gasteiger partial charge in [-0.25, -0.2) is 0 Å². The molecule has 3 N–H and O–H groups in total. The zero-order valence-corrected chi connectivity index (χ0v) is 35.6.